The molecule has 0 aromatic heterocycles. The molecule has 1 heterocycles. The lowest BCUT2D eigenvalue weighted by Crippen LogP contribution is -2.23. The summed E-state index contributed by atoms with van der Waals surface area (Å²) in [5.41, 5.74) is 8.04. The minimum absolute atomic E-state index is 0.164. The third-order valence-corrected chi connectivity index (χ3v) is 4.13. The van der Waals surface area contributed by atoms with Gasteiger partial charge in [-0.3, -0.25) is 4.99 Å². The van der Waals surface area contributed by atoms with Gasteiger partial charge in [-0.1, -0.05) is 11.6 Å². The minimum atomic E-state index is -0.323. The molecule has 8 heteroatoms. The molecule has 26 heavy (non-hydrogen) atoms. The summed E-state index contributed by atoms with van der Waals surface area (Å²) in [4.78, 5) is 4.27. The normalized spacial score (nSPS) is 13.7. The number of rotatable bonds is 5. The molecule has 138 valence electrons. The number of hydrogen-bond acceptors (Lipinski definition) is 4. The summed E-state index contributed by atoms with van der Waals surface area (Å²) >= 11 is 6.07. The standard InChI is InChI=1S/C18H19ClFN3O3/c1-24-16-3-2-14(8-15(16)19)23-18(21)22-5-4-11-6-13(20)7-12-9-25-10-26-17(11)12/h2-3,6-8H,4-5,9-10H2,1H3,(H3,21,22,23). The van der Waals surface area contributed by atoms with Crippen molar-refractivity contribution in [3.63, 3.8) is 0 Å². The van der Waals surface area contributed by atoms with Crippen LogP contribution < -0.4 is 20.5 Å². The Balaban J connectivity index is 1.63. The van der Waals surface area contributed by atoms with Gasteiger partial charge in [0.25, 0.3) is 0 Å². The van der Waals surface area contributed by atoms with Crippen LogP contribution in [0, 0.1) is 5.82 Å². The van der Waals surface area contributed by atoms with Gasteiger partial charge in [-0.15, -0.1) is 0 Å². The van der Waals surface area contributed by atoms with E-state index < -0.39 is 0 Å². The largest absolute Gasteiger partial charge is 0.495 e. The molecule has 2 aromatic carbocycles. The Labute approximate surface area is 155 Å². The Kier molecular flexibility index (Phi) is 5.80. The highest BCUT2D eigenvalue weighted by molar-refractivity contribution is 6.32. The number of ether oxygens (including phenoxy) is 3. The van der Waals surface area contributed by atoms with Crippen molar-refractivity contribution in [2.24, 2.45) is 10.7 Å². The molecule has 0 amide bonds. The van der Waals surface area contributed by atoms with Gasteiger partial charge in [0, 0.05) is 17.8 Å². The Morgan fingerprint density at radius 2 is 2.23 bits per heavy atom. The zero-order valence-electron chi connectivity index (χ0n) is 14.2. The first kappa shape index (κ1) is 18.3. The highest BCUT2D eigenvalue weighted by Gasteiger charge is 2.16. The van der Waals surface area contributed by atoms with Crippen LogP contribution in [-0.2, 0) is 17.8 Å². The van der Waals surface area contributed by atoms with E-state index in [-0.39, 0.29) is 18.6 Å². The number of methoxy groups -OCH3 is 1. The monoisotopic (exact) mass is 379 g/mol. The number of nitrogens with zero attached hydrogens (tertiary/aromatic N) is 1. The fraction of sp³-hybridized carbons (Fsp3) is 0.278. The van der Waals surface area contributed by atoms with E-state index in [1.54, 1.807) is 25.3 Å². The van der Waals surface area contributed by atoms with E-state index in [1.807, 2.05) is 0 Å². The molecule has 0 fully saturated rings. The van der Waals surface area contributed by atoms with Crippen LogP contribution in [0.1, 0.15) is 11.1 Å². The first-order valence-electron chi connectivity index (χ1n) is 7.99. The van der Waals surface area contributed by atoms with Crippen molar-refractivity contribution in [2.45, 2.75) is 13.0 Å². The van der Waals surface area contributed by atoms with E-state index in [2.05, 4.69) is 10.3 Å². The number of nitrogens with two attached hydrogens (primary N) is 1. The van der Waals surface area contributed by atoms with Gasteiger partial charge in [0.1, 0.15) is 17.3 Å². The van der Waals surface area contributed by atoms with Crippen molar-refractivity contribution in [3.05, 3.63) is 52.3 Å². The highest BCUT2D eigenvalue weighted by Crippen LogP contribution is 2.30. The Morgan fingerprint density at radius 1 is 1.38 bits per heavy atom. The molecule has 0 bridgehead atoms. The Morgan fingerprint density at radius 3 is 3.00 bits per heavy atom. The second kappa shape index (κ2) is 8.25. The van der Waals surface area contributed by atoms with E-state index in [0.29, 0.717) is 47.3 Å². The number of hydrogen-bond donors (Lipinski definition) is 2. The number of nitrogens with one attached hydrogen (secondary N) is 1. The summed E-state index contributed by atoms with van der Waals surface area (Å²) in [6, 6.07) is 8.08. The lowest BCUT2D eigenvalue weighted by Gasteiger charge is -2.20. The number of aliphatic imine (C=N–C) groups is 1. The summed E-state index contributed by atoms with van der Waals surface area (Å²) in [7, 11) is 1.55. The maximum atomic E-state index is 13.7. The third kappa shape index (κ3) is 4.36. The molecule has 6 nitrogen and oxygen atoms in total. The van der Waals surface area contributed by atoms with Gasteiger partial charge >= 0.3 is 0 Å². The van der Waals surface area contributed by atoms with Crippen molar-refractivity contribution in [1.29, 1.82) is 0 Å². The zero-order valence-corrected chi connectivity index (χ0v) is 15.0. The van der Waals surface area contributed by atoms with Gasteiger partial charge in [0.05, 0.1) is 18.7 Å². The first-order chi connectivity index (χ1) is 12.6. The average molecular weight is 380 g/mol. The number of halogens is 2. The molecule has 3 rings (SSSR count). The molecule has 0 spiro atoms. The van der Waals surface area contributed by atoms with E-state index in [4.69, 9.17) is 31.5 Å². The van der Waals surface area contributed by atoms with Crippen LogP contribution in [0.4, 0.5) is 10.1 Å². The SMILES string of the molecule is COc1ccc(NC(N)=NCCc2cc(F)cc3c2OCOC3)cc1Cl. The lowest BCUT2D eigenvalue weighted by atomic mass is 10.1. The molecule has 2 aromatic rings. The summed E-state index contributed by atoms with van der Waals surface area (Å²) in [6.45, 7) is 0.880. The van der Waals surface area contributed by atoms with Crippen LogP contribution in [0.5, 0.6) is 11.5 Å². The molecule has 3 N–H and O–H groups in total. The molecule has 0 radical (unpaired) electrons. The molecule has 0 atom stereocenters. The number of fused-ring (bicyclic) bond motifs is 1. The third-order valence-electron chi connectivity index (χ3n) is 3.84. The van der Waals surface area contributed by atoms with Gasteiger partial charge < -0.3 is 25.3 Å². The lowest BCUT2D eigenvalue weighted by molar-refractivity contribution is -0.0172. The molecule has 0 saturated carbocycles. The fourth-order valence-corrected chi connectivity index (χ4v) is 2.93. The van der Waals surface area contributed by atoms with Crippen molar-refractivity contribution in [2.75, 3.05) is 25.8 Å². The van der Waals surface area contributed by atoms with Gasteiger partial charge in [-0.2, -0.15) is 0 Å². The molecule has 0 saturated heterocycles. The smallest absolute Gasteiger partial charge is 0.193 e. The van der Waals surface area contributed by atoms with Crippen LogP contribution in [0.3, 0.4) is 0 Å². The minimum Gasteiger partial charge on any atom is -0.495 e. The predicted molar refractivity (Wildman–Crippen MR) is 98.5 cm³/mol. The van der Waals surface area contributed by atoms with Crippen molar-refractivity contribution >= 4 is 23.2 Å². The maximum Gasteiger partial charge on any atom is 0.193 e. The molecular weight excluding hydrogens is 361 g/mol. The van der Waals surface area contributed by atoms with E-state index in [9.17, 15) is 4.39 Å². The van der Waals surface area contributed by atoms with Gasteiger partial charge in [0.2, 0.25) is 0 Å². The second-order valence-electron chi connectivity index (χ2n) is 5.66. The van der Waals surface area contributed by atoms with E-state index in [1.165, 1.54) is 12.1 Å². The van der Waals surface area contributed by atoms with Crippen molar-refractivity contribution in [1.82, 2.24) is 0 Å². The van der Waals surface area contributed by atoms with Gasteiger partial charge in [-0.25, -0.2) is 4.39 Å². The van der Waals surface area contributed by atoms with E-state index >= 15 is 0 Å². The average Bonchev–Trinajstić information content (AvgIpc) is 2.61. The molecular formula is C18H19ClFN3O3. The van der Waals surface area contributed by atoms with Gasteiger partial charge in [0.15, 0.2) is 12.8 Å². The fourth-order valence-electron chi connectivity index (χ4n) is 2.67. The molecule has 0 unspecified atom stereocenters. The number of anilines is 1. The van der Waals surface area contributed by atoms with Crippen LogP contribution >= 0.6 is 11.6 Å². The van der Waals surface area contributed by atoms with Crippen LogP contribution in [0.15, 0.2) is 35.3 Å². The summed E-state index contributed by atoms with van der Waals surface area (Å²) < 4.78 is 29.5. The quantitative estimate of drug-likeness (QED) is 0.615. The van der Waals surface area contributed by atoms with E-state index in [0.717, 1.165) is 5.56 Å². The second-order valence-corrected chi connectivity index (χ2v) is 6.06. The van der Waals surface area contributed by atoms with Gasteiger partial charge in [-0.05, 0) is 42.3 Å². The highest BCUT2D eigenvalue weighted by atomic mass is 35.5. The molecule has 1 aliphatic rings. The zero-order chi connectivity index (χ0) is 18.5. The molecule has 1 aliphatic heterocycles. The Bertz CT molecular complexity index is 830. The van der Waals surface area contributed by atoms with Crippen LogP contribution in [0.2, 0.25) is 5.02 Å². The maximum absolute atomic E-state index is 13.7. The number of guanidine groups is 1. The molecule has 0 aliphatic carbocycles. The number of benzene rings is 2. The predicted octanol–water partition coefficient (Wildman–Crippen LogP) is 3.32. The topological polar surface area (TPSA) is 78.1 Å². The summed E-state index contributed by atoms with van der Waals surface area (Å²) in [5.74, 6) is 1.16. The van der Waals surface area contributed by atoms with Crippen LogP contribution in [0.25, 0.3) is 0 Å². The summed E-state index contributed by atoms with van der Waals surface area (Å²) in [5, 5.41) is 3.43. The van der Waals surface area contributed by atoms with Crippen molar-refractivity contribution in [3.8, 4) is 11.5 Å². The first-order valence-corrected chi connectivity index (χ1v) is 8.37. The van der Waals surface area contributed by atoms with Crippen LogP contribution in [-0.4, -0.2) is 26.4 Å². The Hall–Kier alpha value is -2.51. The summed E-state index contributed by atoms with van der Waals surface area (Å²) in [6.07, 6.45) is 0.492. The van der Waals surface area contributed by atoms with Crippen molar-refractivity contribution < 1.29 is 18.6 Å².